The second-order valence-corrected chi connectivity index (χ2v) is 6.01. The average Bonchev–Trinajstić information content (AvgIpc) is 1.82. The Morgan fingerprint density at radius 3 is 1.85 bits per heavy atom. The Labute approximate surface area is 83.9 Å². The largest absolute Gasteiger partial charge is 0.384 e. The first-order valence-corrected chi connectivity index (χ1v) is 5.26. The van der Waals surface area contributed by atoms with Gasteiger partial charge in [-0.2, -0.15) is 0 Å². The van der Waals surface area contributed by atoms with Crippen molar-refractivity contribution in [3.05, 3.63) is 0 Å². The molecule has 0 atom stereocenters. The molecule has 0 spiro atoms. The van der Waals surface area contributed by atoms with Gasteiger partial charge in [-0.1, -0.05) is 41.0 Å². The minimum absolute atomic E-state index is 0.347. The van der Waals surface area contributed by atoms with E-state index in [0.29, 0.717) is 10.8 Å². The van der Waals surface area contributed by atoms with Crippen LogP contribution in [0, 0.1) is 10.8 Å². The summed E-state index contributed by atoms with van der Waals surface area (Å²) in [6.07, 6.45) is 3.87. The quantitative estimate of drug-likeness (QED) is 0.633. The molecule has 0 fully saturated rings. The first-order valence-electron chi connectivity index (χ1n) is 5.26. The number of ether oxygens (including phenoxy) is 1. The fourth-order valence-corrected chi connectivity index (χ4v) is 1.56. The lowest BCUT2D eigenvalue weighted by atomic mass is 9.83. The molecule has 80 valence electrons. The van der Waals surface area contributed by atoms with Crippen LogP contribution in [0.15, 0.2) is 0 Å². The second kappa shape index (κ2) is 4.99. The molecule has 0 aromatic rings. The Balaban J connectivity index is 3.63. The van der Waals surface area contributed by atoms with Crippen molar-refractivity contribution in [1.29, 1.82) is 0 Å². The highest BCUT2D eigenvalue weighted by Crippen LogP contribution is 2.28. The van der Waals surface area contributed by atoms with Gasteiger partial charge in [-0.3, -0.25) is 0 Å². The predicted molar refractivity (Wildman–Crippen MR) is 59.0 cm³/mol. The first-order chi connectivity index (χ1) is 5.77. The van der Waals surface area contributed by atoms with Crippen LogP contribution in [-0.4, -0.2) is 13.7 Å². The molecule has 13 heavy (non-hydrogen) atoms. The van der Waals surface area contributed by atoms with Crippen molar-refractivity contribution in [3.8, 4) is 0 Å². The maximum absolute atomic E-state index is 5.19. The highest BCUT2D eigenvalue weighted by Gasteiger charge is 2.18. The molecule has 1 heteroatoms. The molecule has 0 aromatic carbocycles. The summed E-state index contributed by atoms with van der Waals surface area (Å²) in [7, 11) is 1.78. The van der Waals surface area contributed by atoms with Gasteiger partial charge in [-0.05, 0) is 23.7 Å². The van der Waals surface area contributed by atoms with Gasteiger partial charge >= 0.3 is 0 Å². The zero-order valence-corrected chi connectivity index (χ0v) is 10.2. The number of hydrogen-bond acceptors (Lipinski definition) is 1. The lowest BCUT2D eigenvalue weighted by Crippen LogP contribution is -2.19. The van der Waals surface area contributed by atoms with Gasteiger partial charge in [0.2, 0.25) is 0 Å². The predicted octanol–water partition coefficient (Wildman–Crippen LogP) is 3.88. The lowest BCUT2D eigenvalue weighted by molar-refractivity contribution is 0.0940. The Morgan fingerprint density at radius 2 is 1.46 bits per heavy atom. The average molecular weight is 186 g/mol. The number of rotatable bonds is 5. The van der Waals surface area contributed by atoms with Crippen molar-refractivity contribution < 1.29 is 4.74 Å². The van der Waals surface area contributed by atoms with Crippen molar-refractivity contribution in [2.75, 3.05) is 13.7 Å². The Hall–Kier alpha value is -0.0400. The maximum Gasteiger partial charge on any atom is 0.0513 e. The molecule has 0 N–H and O–H groups in total. The first kappa shape index (κ1) is 13.0. The molecule has 0 rings (SSSR count). The Kier molecular flexibility index (Phi) is 4.98. The fraction of sp³-hybridized carbons (Fsp3) is 1.00. The van der Waals surface area contributed by atoms with E-state index in [4.69, 9.17) is 4.74 Å². The molecular formula is C12H26O. The third-order valence-corrected chi connectivity index (χ3v) is 2.32. The van der Waals surface area contributed by atoms with Crippen LogP contribution in [0.5, 0.6) is 0 Å². The molecule has 0 amide bonds. The van der Waals surface area contributed by atoms with Crippen LogP contribution in [0.2, 0.25) is 0 Å². The summed E-state index contributed by atoms with van der Waals surface area (Å²) < 4.78 is 5.19. The van der Waals surface area contributed by atoms with Gasteiger partial charge in [-0.15, -0.1) is 0 Å². The van der Waals surface area contributed by atoms with E-state index in [1.54, 1.807) is 7.11 Å². The summed E-state index contributed by atoms with van der Waals surface area (Å²) in [5.41, 5.74) is 0.823. The third-order valence-electron chi connectivity index (χ3n) is 2.32. The van der Waals surface area contributed by atoms with E-state index in [2.05, 4.69) is 34.6 Å². The van der Waals surface area contributed by atoms with E-state index < -0.39 is 0 Å². The van der Waals surface area contributed by atoms with Crippen LogP contribution in [0.25, 0.3) is 0 Å². The van der Waals surface area contributed by atoms with Crippen LogP contribution >= 0.6 is 0 Å². The molecule has 0 saturated heterocycles. The van der Waals surface area contributed by atoms with Crippen LogP contribution < -0.4 is 0 Å². The normalized spacial score (nSPS) is 13.4. The summed E-state index contributed by atoms with van der Waals surface area (Å²) in [5.74, 6) is 0. The molecule has 0 unspecified atom stereocenters. The molecule has 0 radical (unpaired) electrons. The van der Waals surface area contributed by atoms with Gasteiger partial charge in [0.25, 0.3) is 0 Å². The SMILES string of the molecule is COCC(C)(C)CCCC(C)(C)C. The summed E-state index contributed by atoms with van der Waals surface area (Å²) >= 11 is 0. The fourth-order valence-electron chi connectivity index (χ4n) is 1.56. The van der Waals surface area contributed by atoms with Gasteiger partial charge in [0.05, 0.1) is 6.61 Å². The van der Waals surface area contributed by atoms with E-state index in [1.807, 2.05) is 0 Å². The minimum atomic E-state index is 0.347. The van der Waals surface area contributed by atoms with Gasteiger partial charge < -0.3 is 4.74 Å². The highest BCUT2D eigenvalue weighted by molar-refractivity contribution is 4.70. The molecule has 0 saturated carbocycles. The van der Waals surface area contributed by atoms with Crippen LogP contribution in [0.4, 0.5) is 0 Å². The lowest BCUT2D eigenvalue weighted by Gasteiger charge is -2.25. The smallest absolute Gasteiger partial charge is 0.0513 e. The molecular weight excluding hydrogens is 160 g/mol. The van der Waals surface area contributed by atoms with Crippen molar-refractivity contribution >= 4 is 0 Å². The molecule has 1 nitrogen and oxygen atoms in total. The number of hydrogen-bond donors (Lipinski definition) is 0. The highest BCUT2D eigenvalue weighted by atomic mass is 16.5. The second-order valence-electron chi connectivity index (χ2n) is 6.01. The molecule has 0 aliphatic rings. The summed E-state index contributed by atoms with van der Waals surface area (Å²) in [5, 5.41) is 0. The summed E-state index contributed by atoms with van der Waals surface area (Å²) in [6.45, 7) is 12.3. The van der Waals surface area contributed by atoms with Crippen molar-refractivity contribution in [2.45, 2.75) is 53.9 Å². The van der Waals surface area contributed by atoms with E-state index in [1.165, 1.54) is 19.3 Å². The zero-order chi connectivity index (χ0) is 10.5. The number of methoxy groups -OCH3 is 1. The van der Waals surface area contributed by atoms with Gasteiger partial charge in [0, 0.05) is 7.11 Å². The standard InChI is InChI=1S/C12H26O/c1-11(2,3)8-7-9-12(4,5)10-13-6/h7-10H2,1-6H3. The summed E-state index contributed by atoms with van der Waals surface area (Å²) in [6, 6.07) is 0. The van der Waals surface area contributed by atoms with E-state index >= 15 is 0 Å². The van der Waals surface area contributed by atoms with E-state index in [9.17, 15) is 0 Å². The van der Waals surface area contributed by atoms with Crippen molar-refractivity contribution in [2.24, 2.45) is 10.8 Å². The molecule has 0 aliphatic carbocycles. The molecule has 0 heterocycles. The Bertz CT molecular complexity index is 131. The van der Waals surface area contributed by atoms with Gasteiger partial charge in [-0.25, -0.2) is 0 Å². The molecule has 0 aliphatic heterocycles. The van der Waals surface area contributed by atoms with Crippen molar-refractivity contribution in [1.82, 2.24) is 0 Å². The van der Waals surface area contributed by atoms with Crippen LogP contribution in [-0.2, 0) is 4.74 Å². The van der Waals surface area contributed by atoms with Gasteiger partial charge in [0.15, 0.2) is 0 Å². The van der Waals surface area contributed by atoms with E-state index in [-0.39, 0.29) is 0 Å². The van der Waals surface area contributed by atoms with Crippen molar-refractivity contribution in [3.63, 3.8) is 0 Å². The topological polar surface area (TPSA) is 9.23 Å². The van der Waals surface area contributed by atoms with E-state index in [0.717, 1.165) is 6.61 Å². The van der Waals surface area contributed by atoms with Crippen LogP contribution in [0.1, 0.15) is 53.9 Å². The zero-order valence-electron chi connectivity index (χ0n) is 10.2. The maximum atomic E-state index is 5.19. The molecule has 0 aromatic heterocycles. The van der Waals surface area contributed by atoms with Crippen LogP contribution in [0.3, 0.4) is 0 Å². The Morgan fingerprint density at radius 1 is 0.923 bits per heavy atom. The third kappa shape index (κ3) is 8.29. The molecule has 0 bridgehead atoms. The monoisotopic (exact) mass is 186 g/mol. The summed E-state index contributed by atoms with van der Waals surface area (Å²) in [4.78, 5) is 0. The minimum Gasteiger partial charge on any atom is -0.384 e. The van der Waals surface area contributed by atoms with Gasteiger partial charge in [0.1, 0.15) is 0 Å².